The maximum atomic E-state index is 4.44. The molecule has 1 aromatic carbocycles. The van der Waals surface area contributed by atoms with E-state index in [4.69, 9.17) is 0 Å². The van der Waals surface area contributed by atoms with Gasteiger partial charge in [-0.1, -0.05) is 36.4 Å². The maximum absolute atomic E-state index is 4.44. The van der Waals surface area contributed by atoms with Gasteiger partial charge in [0, 0.05) is 12.7 Å². The molecule has 1 N–H and O–H groups in total. The summed E-state index contributed by atoms with van der Waals surface area (Å²) in [5, 5.41) is 3.34. The highest BCUT2D eigenvalue weighted by Gasteiger charge is 2.23. The first kappa shape index (κ1) is 12.9. The van der Waals surface area contributed by atoms with Gasteiger partial charge in [-0.2, -0.15) is 0 Å². The van der Waals surface area contributed by atoms with E-state index in [1.807, 2.05) is 12.3 Å². The van der Waals surface area contributed by atoms with E-state index < -0.39 is 0 Å². The number of aromatic nitrogens is 1. The van der Waals surface area contributed by atoms with Gasteiger partial charge in [-0.05, 0) is 36.0 Å². The van der Waals surface area contributed by atoms with E-state index in [1.54, 1.807) is 0 Å². The fourth-order valence-electron chi connectivity index (χ4n) is 1.96. The van der Waals surface area contributed by atoms with Gasteiger partial charge in [0.2, 0.25) is 0 Å². The van der Waals surface area contributed by atoms with Gasteiger partial charge in [0.1, 0.15) is 5.82 Å². The Morgan fingerprint density at radius 3 is 2.44 bits per heavy atom. The third-order valence-electron chi connectivity index (χ3n) is 3.15. The van der Waals surface area contributed by atoms with Crippen molar-refractivity contribution in [1.29, 1.82) is 0 Å². The van der Waals surface area contributed by atoms with Crippen LogP contribution in [-0.2, 0) is 6.54 Å². The number of pyridine rings is 1. The van der Waals surface area contributed by atoms with Crippen LogP contribution in [0.25, 0.3) is 0 Å². The Balaban J connectivity index is 0.00000120. The highest BCUT2D eigenvalue weighted by atomic mass is 35.5. The summed E-state index contributed by atoms with van der Waals surface area (Å²) in [6, 6.07) is 14.7. The Hall–Kier alpha value is -1.54. The van der Waals surface area contributed by atoms with E-state index in [9.17, 15) is 0 Å². The summed E-state index contributed by atoms with van der Waals surface area (Å²) in [4.78, 5) is 4.44. The van der Waals surface area contributed by atoms with Gasteiger partial charge in [0.05, 0.1) is 0 Å². The lowest BCUT2D eigenvalue weighted by molar-refractivity contribution is 1.07. The van der Waals surface area contributed by atoms with Crippen LogP contribution in [0.3, 0.4) is 0 Å². The fourth-order valence-corrected chi connectivity index (χ4v) is 1.96. The number of halogens is 1. The fraction of sp³-hybridized carbons (Fsp3) is 0.267. The summed E-state index contributed by atoms with van der Waals surface area (Å²) in [5.41, 5.74) is 2.66. The van der Waals surface area contributed by atoms with E-state index in [-0.39, 0.29) is 12.4 Å². The third kappa shape index (κ3) is 3.23. The lowest BCUT2D eigenvalue weighted by Crippen LogP contribution is -2.01. The Morgan fingerprint density at radius 2 is 1.83 bits per heavy atom. The van der Waals surface area contributed by atoms with E-state index >= 15 is 0 Å². The monoisotopic (exact) mass is 260 g/mol. The summed E-state index contributed by atoms with van der Waals surface area (Å²) < 4.78 is 0. The number of hydrogen-bond acceptors (Lipinski definition) is 2. The van der Waals surface area contributed by atoms with Crippen LogP contribution in [-0.4, -0.2) is 4.98 Å². The van der Waals surface area contributed by atoms with Gasteiger partial charge in [0.15, 0.2) is 0 Å². The van der Waals surface area contributed by atoms with Crippen LogP contribution in [0.4, 0.5) is 5.82 Å². The summed E-state index contributed by atoms with van der Waals surface area (Å²) >= 11 is 0. The Labute approximate surface area is 114 Å². The van der Waals surface area contributed by atoms with Crippen molar-refractivity contribution in [2.75, 3.05) is 5.32 Å². The number of hydrogen-bond donors (Lipinski definition) is 1. The molecule has 0 aliphatic heterocycles. The number of nitrogens with zero attached hydrogens (tertiary/aromatic N) is 1. The van der Waals surface area contributed by atoms with Gasteiger partial charge >= 0.3 is 0 Å². The second-order valence-corrected chi connectivity index (χ2v) is 4.59. The van der Waals surface area contributed by atoms with Crippen molar-refractivity contribution in [1.82, 2.24) is 4.98 Å². The summed E-state index contributed by atoms with van der Waals surface area (Å²) in [5.74, 6) is 1.74. The first-order valence-electron chi connectivity index (χ1n) is 6.15. The predicted octanol–water partition coefficient (Wildman–Crippen LogP) is 3.99. The van der Waals surface area contributed by atoms with Crippen molar-refractivity contribution >= 4 is 18.2 Å². The molecule has 2 nitrogen and oxygen atoms in total. The zero-order valence-corrected chi connectivity index (χ0v) is 11.0. The summed E-state index contributed by atoms with van der Waals surface area (Å²) in [6.07, 6.45) is 4.67. The summed E-state index contributed by atoms with van der Waals surface area (Å²) in [7, 11) is 0. The van der Waals surface area contributed by atoms with Crippen molar-refractivity contribution < 1.29 is 0 Å². The Kier molecular flexibility index (Phi) is 4.21. The predicted molar refractivity (Wildman–Crippen MR) is 77.2 cm³/mol. The van der Waals surface area contributed by atoms with E-state index in [2.05, 4.69) is 46.7 Å². The first-order valence-corrected chi connectivity index (χ1v) is 6.15. The van der Waals surface area contributed by atoms with E-state index in [0.29, 0.717) is 0 Å². The first-order chi connectivity index (χ1) is 8.42. The van der Waals surface area contributed by atoms with Crippen LogP contribution < -0.4 is 5.32 Å². The van der Waals surface area contributed by atoms with Gasteiger partial charge in [-0.3, -0.25) is 0 Å². The average Bonchev–Trinajstić information content (AvgIpc) is 3.23. The lowest BCUT2D eigenvalue weighted by atomic mass is 10.2. The quantitative estimate of drug-likeness (QED) is 0.899. The number of benzene rings is 1. The molecule has 0 bridgehead atoms. The molecule has 0 radical (unpaired) electrons. The van der Waals surface area contributed by atoms with Crippen molar-refractivity contribution in [3.05, 3.63) is 59.8 Å². The number of nitrogens with one attached hydrogen (secondary N) is 1. The molecule has 2 aromatic rings. The van der Waals surface area contributed by atoms with Gasteiger partial charge in [-0.15, -0.1) is 12.4 Å². The topological polar surface area (TPSA) is 24.9 Å². The molecule has 3 rings (SSSR count). The Morgan fingerprint density at radius 1 is 1.06 bits per heavy atom. The molecule has 1 saturated carbocycles. The molecule has 18 heavy (non-hydrogen) atoms. The minimum Gasteiger partial charge on any atom is -0.366 e. The molecule has 1 fully saturated rings. The number of rotatable bonds is 4. The molecule has 1 aromatic heterocycles. The third-order valence-corrected chi connectivity index (χ3v) is 3.15. The van der Waals surface area contributed by atoms with Gasteiger partial charge < -0.3 is 5.32 Å². The standard InChI is InChI=1S/C15H16N2.ClH/c1-2-4-12(5-3-1)10-16-15-9-8-14(11-17-15)13-6-7-13;/h1-5,8-9,11,13H,6-7,10H2,(H,16,17);1H. The van der Waals surface area contributed by atoms with Gasteiger partial charge in [0.25, 0.3) is 0 Å². The highest BCUT2D eigenvalue weighted by molar-refractivity contribution is 5.85. The lowest BCUT2D eigenvalue weighted by Gasteiger charge is -2.06. The zero-order chi connectivity index (χ0) is 11.5. The second-order valence-electron chi connectivity index (χ2n) is 4.59. The molecule has 0 spiro atoms. The molecule has 1 aliphatic carbocycles. The average molecular weight is 261 g/mol. The van der Waals surface area contributed by atoms with Crippen molar-refractivity contribution in [2.45, 2.75) is 25.3 Å². The van der Waals surface area contributed by atoms with Crippen LogP contribution >= 0.6 is 12.4 Å². The molecule has 1 aliphatic rings. The van der Waals surface area contributed by atoms with Crippen molar-refractivity contribution in [2.24, 2.45) is 0 Å². The molecular formula is C15H17ClN2. The molecular weight excluding hydrogens is 244 g/mol. The molecule has 94 valence electrons. The van der Waals surface area contributed by atoms with Crippen LogP contribution in [0.5, 0.6) is 0 Å². The molecule has 0 amide bonds. The highest BCUT2D eigenvalue weighted by Crippen LogP contribution is 2.39. The minimum absolute atomic E-state index is 0. The number of anilines is 1. The SMILES string of the molecule is Cl.c1ccc(CNc2ccc(C3CC3)cn2)cc1. The Bertz CT molecular complexity index is 478. The van der Waals surface area contributed by atoms with Gasteiger partial charge in [-0.25, -0.2) is 4.98 Å². The van der Waals surface area contributed by atoms with Crippen LogP contribution in [0.2, 0.25) is 0 Å². The van der Waals surface area contributed by atoms with Crippen molar-refractivity contribution in [3.8, 4) is 0 Å². The van der Waals surface area contributed by atoms with E-state index in [0.717, 1.165) is 18.3 Å². The molecule has 1 heterocycles. The molecule has 3 heteroatoms. The molecule has 0 unspecified atom stereocenters. The second kappa shape index (κ2) is 5.87. The van der Waals surface area contributed by atoms with Crippen LogP contribution in [0.15, 0.2) is 48.7 Å². The largest absolute Gasteiger partial charge is 0.366 e. The minimum atomic E-state index is 0. The van der Waals surface area contributed by atoms with Crippen LogP contribution in [0.1, 0.15) is 29.9 Å². The zero-order valence-electron chi connectivity index (χ0n) is 10.2. The van der Waals surface area contributed by atoms with Crippen LogP contribution in [0, 0.1) is 0 Å². The molecule has 0 saturated heterocycles. The van der Waals surface area contributed by atoms with E-state index in [1.165, 1.54) is 24.0 Å². The maximum Gasteiger partial charge on any atom is 0.126 e. The van der Waals surface area contributed by atoms with Crippen molar-refractivity contribution in [3.63, 3.8) is 0 Å². The smallest absolute Gasteiger partial charge is 0.126 e. The normalized spacial score (nSPS) is 13.8. The molecule has 0 atom stereocenters. The summed E-state index contributed by atoms with van der Waals surface area (Å²) in [6.45, 7) is 0.830.